The molecule has 0 aliphatic heterocycles. The molecule has 1 aromatic heterocycles. The Kier molecular flexibility index (Phi) is 3.03. The van der Waals surface area contributed by atoms with E-state index in [0.29, 0.717) is 0 Å². The van der Waals surface area contributed by atoms with Crippen molar-refractivity contribution in [3.8, 4) is 0 Å². The minimum Gasteiger partial charge on any atom is -0.462 e. The Balaban J connectivity index is 2.98. The molecule has 6 nitrogen and oxygen atoms in total. The zero-order chi connectivity index (χ0) is 10.7. The molecule has 0 amide bonds. The molecule has 0 bridgehead atoms. The van der Waals surface area contributed by atoms with Crippen LogP contribution in [0, 0.1) is 10.1 Å². The number of rotatable bonds is 3. The van der Waals surface area contributed by atoms with Gasteiger partial charge in [0.1, 0.15) is 4.88 Å². The number of carbonyl (C=O) groups excluding carboxylic acids is 1. The highest BCUT2D eigenvalue weighted by molar-refractivity contribution is 7.17. The van der Waals surface area contributed by atoms with Crippen LogP contribution in [-0.2, 0) is 4.74 Å². The Labute approximate surface area is 83.4 Å². The summed E-state index contributed by atoms with van der Waals surface area (Å²) in [5.74, 6) is -0.622. The van der Waals surface area contributed by atoms with E-state index < -0.39 is 10.9 Å². The van der Waals surface area contributed by atoms with Crippen molar-refractivity contribution in [2.24, 2.45) is 0 Å². The van der Waals surface area contributed by atoms with Crippen LogP contribution in [0.5, 0.6) is 0 Å². The van der Waals surface area contributed by atoms with Gasteiger partial charge in [-0.1, -0.05) is 11.3 Å². The number of nitrogens with zero attached hydrogens (tertiary/aromatic N) is 1. The third kappa shape index (κ3) is 1.99. The standard InChI is InChI=1S/C7H8N2O4S/c1-2-13-7(10)6-4(8)3-5(14-6)9(11)12/h3H,2,8H2,1H3. The number of nitrogens with two attached hydrogens (primary N) is 1. The molecule has 0 unspecified atom stereocenters. The monoisotopic (exact) mass is 216 g/mol. The van der Waals surface area contributed by atoms with Gasteiger partial charge in [0.05, 0.1) is 23.3 Å². The van der Waals surface area contributed by atoms with Crippen LogP contribution >= 0.6 is 11.3 Å². The number of thiophene rings is 1. The van der Waals surface area contributed by atoms with Crippen LogP contribution in [0.4, 0.5) is 10.7 Å². The number of nitrogen functional groups attached to an aromatic ring is 1. The summed E-state index contributed by atoms with van der Waals surface area (Å²) in [6, 6.07) is 1.15. The van der Waals surface area contributed by atoms with Crippen LogP contribution in [0.25, 0.3) is 0 Å². The molecule has 0 aliphatic rings. The average molecular weight is 216 g/mol. The molecule has 14 heavy (non-hydrogen) atoms. The lowest BCUT2D eigenvalue weighted by atomic mass is 10.4. The largest absolute Gasteiger partial charge is 0.462 e. The SMILES string of the molecule is CCOC(=O)c1sc([N+](=O)[O-])cc1N. The zero-order valence-corrected chi connectivity index (χ0v) is 8.17. The fraction of sp³-hybridized carbons (Fsp3) is 0.286. The Bertz CT molecular complexity index is 374. The summed E-state index contributed by atoms with van der Waals surface area (Å²) in [6.45, 7) is 1.86. The number of ether oxygens (including phenoxy) is 1. The molecule has 1 rings (SSSR count). The fourth-order valence-electron chi connectivity index (χ4n) is 0.838. The molecule has 1 aromatic rings. The summed E-state index contributed by atoms with van der Waals surface area (Å²) in [4.78, 5) is 21.0. The molecule has 0 saturated carbocycles. The number of hydrogen-bond acceptors (Lipinski definition) is 6. The van der Waals surface area contributed by atoms with Crippen molar-refractivity contribution in [1.29, 1.82) is 0 Å². The minimum absolute atomic E-state index is 0.0820. The van der Waals surface area contributed by atoms with E-state index in [2.05, 4.69) is 4.74 Å². The van der Waals surface area contributed by atoms with Crippen LogP contribution < -0.4 is 5.73 Å². The van der Waals surface area contributed by atoms with Crippen molar-refractivity contribution in [3.63, 3.8) is 0 Å². The quantitative estimate of drug-likeness (QED) is 0.468. The first kappa shape index (κ1) is 10.5. The van der Waals surface area contributed by atoms with Gasteiger partial charge in [-0.05, 0) is 6.92 Å². The second kappa shape index (κ2) is 4.05. The molecule has 0 aromatic carbocycles. The number of esters is 1. The van der Waals surface area contributed by atoms with E-state index in [1.807, 2.05) is 0 Å². The van der Waals surface area contributed by atoms with Gasteiger partial charge in [-0.3, -0.25) is 10.1 Å². The van der Waals surface area contributed by atoms with Gasteiger partial charge in [0.2, 0.25) is 0 Å². The molecule has 0 spiro atoms. The molecule has 76 valence electrons. The minimum atomic E-state index is -0.622. The molecule has 0 fully saturated rings. The Morgan fingerprint density at radius 3 is 2.86 bits per heavy atom. The highest BCUT2D eigenvalue weighted by atomic mass is 32.1. The second-order valence-electron chi connectivity index (χ2n) is 2.35. The third-order valence-electron chi connectivity index (χ3n) is 1.39. The van der Waals surface area contributed by atoms with Gasteiger partial charge in [-0.2, -0.15) is 0 Å². The maximum atomic E-state index is 11.2. The van der Waals surface area contributed by atoms with Crippen molar-refractivity contribution in [2.45, 2.75) is 6.92 Å². The van der Waals surface area contributed by atoms with E-state index in [0.717, 1.165) is 17.4 Å². The first-order valence-corrected chi connectivity index (χ1v) is 4.58. The summed E-state index contributed by atoms with van der Waals surface area (Å²) in [5, 5.41) is 10.2. The number of nitro groups is 1. The Morgan fingerprint density at radius 1 is 1.79 bits per heavy atom. The van der Waals surface area contributed by atoms with E-state index in [9.17, 15) is 14.9 Å². The van der Waals surface area contributed by atoms with Gasteiger partial charge in [0, 0.05) is 0 Å². The van der Waals surface area contributed by atoms with Gasteiger partial charge in [-0.25, -0.2) is 4.79 Å². The molecule has 0 aliphatic carbocycles. The fourth-order valence-corrected chi connectivity index (χ4v) is 1.63. The first-order valence-electron chi connectivity index (χ1n) is 3.77. The van der Waals surface area contributed by atoms with Crippen molar-refractivity contribution in [2.75, 3.05) is 12.3 Å². The number of carbonyl (C=O) groups is 1. The predicted molar refractivity (Wildman–Crippen MR) is 51.3 cm³/mol. The normalized spacial score (nSPS) is 9.79. The van der Waals surface area contributed by atoms with E-state index >= 15 is 0 Å². The second-order valence-corrected chi connectivity index (χ2v) is 3.38. The van der Waals surface area contributed by atoms with Crippen molar-refractivity contribution < 1.29 is 14.5 Å². The maximum Gasteiger partial charge on any atom is 0.350 e. The van der Waals surface area contributed by atoms with Crippen molar-refractivity contribution in [1.82, 2.24) is 0 Å². The van der Waals surface area contributed by atoms with E-state index in [-0.39, 0.29) is 22.2 Å². The summed E-state index contributed by atoms with van der Waals surface area (Å²) in [7, 11) is 0. The lowest BCUT2D eigenvalue weighted by Crippen LogP contribution is -2.04. The smallest absolute Gasteiger partial charge is 0.350 e. The van der Waals surface area contributed by atoms with E-state index in [4.69, 9.17) is 5.73 Å². The van der Waals surface area contributed by atoms with Crippen LogP contribution in [0.3, 0.4) is 0 Å². The number of hydrogen-bond donors (Lipinski definition) is 1. The summed E-state index contributed by atoms with van der Waals surface area (Å²) in [6.07, 6.45) is 0. The van der Waals surface area contributed by atoms with Crippen LogP contribution in [0.1, 0.15) is 16.6 Å². The summed E-state index contributed by atoms with van der Waals surface area (Å²) in [5.41, 5.74) is 5.50. The summed E-state index contributed by atoms with van der Waals surface area (Å²) >= 11 is 0.717. The zero-order valence-electron chi connectivity index (χ0n) is 7.35. The van der Waals surface area contributed by atoms with Crippen LogP contribution in [0.2, 0.25) is 0 Å². The highest BCUT2D eigenvalue weighted by Crippen LogP contribution is 2.31. The highest BCUT2D eigenvalue weighted by Gasteiger charge is 2.20. The van der Waals surface area contributed by atoms with Gasteiger partial charge in [0.15, 0.2) is 0 Å². The van der Waals surface area contributed by atoms with Crippen molar-refractivity contribution >= 4 is 28.0 Å². The molecular formula is C7H8N2O4S. The first-order chi connectivity index (χ1) is 6.56. The lowest BCUT2D eigenvalue weighted by Gasteiger charge is -1.97. The topological polar surface area (TPSA) is 95.5 Å². The van der Waals surface area contributed by atoms with E-state index in [1.165, 1.54) is 0 Å². The Hall–Kier alpha value is -1.63. The van der Waals surface area contributed by atoms with Crippen LogP contribution in [0.15, 0.2) is 6.07 Å². The van der Waals surface area contributed by atoms with Gasteiger partial charge in [-0.15, -0.1) is 0 Å². The van der Waals surface area contributed by atoms with Crippen molar-refractivity contribution in [3.05, 3.63) is 21.1 Å². The summed E-state index contributed by atoms with van der Waals surface area (Å²) < 4.78 is 4.67. The molecule has 0 saturated heterocycles. The molecule has 0 atom stereocenters. The average Bonchev–Trinajstić information content (AvgIpc) is 2.48. The third-order valence-corrected chi connectivity index (χ3v) is 2.47. The molecule has 2 N–H and O–H groups in total. The Morgan fingerprint density at radius 2 is 2.43 bits per heavy atom. The maximum absolute atomic E-state index is 11.2. The molecule has 1 heterocycles. The van der Waals surface area contributed by atoms with Gasteiger partial charge in [0.25, 0.3) is 0 Å². The molecule has 0 radical (unpaired) electrons. The van der Waals surface area contributed by atoms with Gasteiger partial charge < -0.3 is 10.5 Å². The van der Waals surface area contributed by atoms with Crippen LogP contribution in [-0.4, -0.2) is 17.5 Å². The number of anilines is 1. The molecule has 7 heteroatoms. The van der Waals surface area contributed by atoms with E-state index in [1.54, 1.807) is 6.92 Å². The molecular weight excluding hydrogens is 208 g/mol. The van der Waals surface area contributed by atoms with Gasteiger partial charge >= 0.3 is 11.0 Å². The predicted octanol–water partition coefficient (Wildman–Crippen LogP) is 1.42. The lowest BCUT2D eigenvalue weighted by molar-refractivity contribution is -0.380.